The van der Waals surface area contributed by atoms with Crippen LogP contribution in [0.3, 0.4) is 0 Å². The molecule has 6 nitrogen and oxygen atoms in total. The van der Waals surface area contributed by atoms with Gasteiger partial charge in [-0.1, -0.05) is 0 Å². The van der Waals surface area contributed by atoms with E-state index in [-0.39, 0.29) is 0 Å². The zero-order valence-corrected chi connectivity index (χ0v) is 11.7. The zero-order chi connectivity index (χ0) is 13.3. The van der Waals surface area contributed by atoms with Crippen molar-refractivity contribution < 1.29 is 9.47 Å². The number of morpholine rings is 2. The highest BCUT2D eigenvalue weighted by Gasteiger charge is 2.12. The van der Waals surface area contributed by atoms with Crippen LogP contribution in [0, 0.1) is 0 Å². The van der Waals surface area contributed by atoms with Crippen molar-refractivity contribution in [1.29, 1.82) is 0 Å². The van der Waals surface area contributed by atoms with Crippen LogP contribution in [-0.4, -0.2) is 81.5 Å². The first-order valence-corrected chi connectivity index (χ1v) is 7.29. The van der Waals surface area contributed by atoms with Crippen LogP contribution in [0.15, 0.2) is 4.99 Å². The lowest BCUT2D eigenvalue weighted by Crippen LogP contribution is -2.44. The molecule has 0 amide bonds. The van der Waals surface area contributed by atoms with Crippen LogP contribution >= 0.6 is 0 Å². The van der Waals surface area contributed by atoms with Gasteiger partial charge in [0.25, 0.3) is 0 Å². The molecule has 0 aromatic carbocycles. The van der Waals surface area contributed by atoms with Crippen molar-refractivity contribution in [2.75, 3.05) is 65.7 Å². The average Bonchev–Trinajstić information content (AvgIpc) is 2.49. The summed E-state index contributed by atoms with van der Waals surface area (Å²) in [6, 6.07) is 0. The lowest BCUT2D eigenvalue weighted by atomic mass is 10.3. The molecular formula is C13H26N4O2. The quantitative estimate of drug-likeness (QED) is 0.424. The van der Waals surface area contributed by atoms with Gasteiger partial charge in [0.2, 0.25) is 0 Å². The highest BCUT2D eigenvalue weighted by atomic mass is 16.5. The van der Waals surface area contributed by atoms with Gasteiger partial charge in [0.1, 0.15) is 0 Å². The summed E-state index contributed by atoms with van der Waals surface area (Å²) in [5, 5.41) is 0. The van der Waals surface area contributed by atoms with E-state index in [1.54, 1.807) is 0 Å². The SMILES string of the molecule is NC(=NCCCCN1CCOCC1)N1CCOCC1. The normalized spacial score (nSPS) is 22.7. The van der Waals surface area contributed by atoms with Crippen molar-refractivity contribution in [1.82, 2.24) is 9.80 Å². The van der Waals surface area contributed by atoms with E-state index in [1.807, 2.05) is 0 Å². The van der Waals surface area contributed by atoms with Gasteiger partial charge in [0.15, 0.2) is 5.96 Å². The molecule has 0 aromatic rings. The second kappa shape index (κ2) is 8.35. The van der Waals surface area contributed by atoms with Gasteiger partial charge >= 0.3 is 0 Å². The van der Waals surface area contributed by atoms with Gasteiger partial charge in [-0.25, -0.2) is 0 Å². The maximum atomic E-state index is 5.97. The van der Waals surface area contributed by atoms with Gasteiger partial charge in [-0.2, -0.15) is 0 Å². The Morgan fingerprint density at radius 2 is 1.58 bits per heavy atom. The summed E-state index contributed by atoms with van der Waals surface area (Å²) in [7, 11) is 0. The Bertz CT molecular complexity index is 274. The minimum absolute atomic E-state index is 0.676. The lowest BCUT2D eigenvalue weighted by molar-refractivity contribution is 0.0373. The van der Waals surface area contributed by atoms with E-state index < -0.39 is 0 Å². The lowest BCUT2D eigenvalue weighted by Gasteiger charge is -2.27. The van der Waals surface area contributed by atoms with E-state index in [4.69, 9.17) is 15.2 Å². The summed E-state index contributed by atoms with van der Waals surface area (Å²) >= 11 is 0. The second-order valence-electron chi connectivity index (χ2n) is 5.00. The third-order valence-electron chi connectivity index (χ3n) is 3.60. The van der Waals surface area contributed by atoms with Gasteiger partial charge in [-0.15, -0.1) is 0 Å². The molecule has 2 fully saturated rings. The van der Waals surface area contributed by atoms with Crippen molar-refractivity contribution in [2.45, 2.75) is 12.8 Å². The molecule has 0 aliphatic carbocycles. The zero-order valence-electron chi connectivity index (χ0n) is 11.7. The fourth-order valence-electron chi connectivity index (χ4n) is 2.36. The van der Waals surface area contributed by atoms with Crippen molar-refractivity contribution in [3.63, 3.8) is 0 Å². The van der Waals surface area contributed by atoms with E-state index in [0.717, 1.165) is 72.1 Å². The maximum Gasteiger partial charge on any atom is 0.191 e. The number of hydrogen-bond donors (Lipinski definition) is 1. The molecule has 19 heavy (non-hydrogen) atoms. The molecule has 110 valence electrons. The summed E-state index contributed by atoms with van der Waals surface area (Å²) in [6.07, 6.45) is 2.28. The van der Waals surface area contributed by atoms with Crippen LogP contribution in [0.5, 0.6) is 0 Å². The number of aliphatic imine (C=N–C) groups is 1. The monoisotopic (exact) mass is 270 g/mol. The molecule has 0 aromatic heterocycles. The Labute approximate surface area is 115 Å². The van der Waals surface area contributed by atoms with Crippen molar-refractivity contribution in [3.05, 3.63) is 0 Å². The van der Waals surface area contributed by atoms with E-state index in [9.17, 15) is 0 Å². The molecule has 2 aliphatic heterocycles. The number of guanidine groups is 1. The van der Waals surface area contributed by atoms with Crippen LogP contribution in [-0.2, 0) is 9.47 Å². The smallest absolute Gasteiger partial charge is 0.191 e. The topological polar surface area (TPSA) is 63.3 Å². The highest BCUT2D eigenvalue weighted by molar-refractivity contribution is 5.78. The van der Waals surface area contributed by atoms with Crippen LogP contribution in [0.1, 0.15) is 12.8 Å². The molecule has 0 radical (unpaired) electrons. The summed E-state index contributed by atoms with van der Waals surface area (Å²) < 4.78 is 10.6. The number of nitrogens with two attached hydrogens (primary N) is 1. The van der Waals surface area contributed by atoms with E-state index in [0.29, 0.717) is 5.96 Å². The number of rotatable bonds is 5. The van der Waals surface area contributed by atoms with Crippen LogP contribution < -0.4 is 5.73 Å². The van der Waals surface area contributed by atoms with E-state index in [2.05, 4.69) is 14.8 Å². The fourth-order valence-corrected chi connectivity index (χ4v) is 2.36. The van der Waals surface area contributed by atoms with Crippen molar-refractivity contribution in [2.24, 2.45) is 10.7 Å². The summed E-state index contributed by atoms with van der Waals surface area (Å²) in [5.74, 6) is 0.676. The first-order chi connectivity index (χ1) is 9.36. The van der Waals surface area contributed by atoms with Gasteiger partial charge in [-0.05, 0) is 19.4 Å². The molecule has 0 saturated carbocycles. The third-order valence-corrected chi connectivity index (χ3v) is 3.60. The minimum Gasteiger partial charge on any atom is -0.379 e. The number of nitrogens with zero attached hydrogens (tertiary/aromatic N) is 3. The van der Waals surface area contributed by atoms with Crippen LogP contribution in [0.4, 0.5) is 0 Å². The largest absolute Gasteiger partial charge is 0.379 e. The predicted molar refractivity (Wildman–Crippen MR) is 75.4 cm³/mol. The van der Waals surface area contributed by atoms with Gasteiger partial charge in [0.05, 0.1) is 26.4 Å². The standard InChI is InChI=1S/C13H26N4O2/c14-13(17-7-11-19-12-8-17)15-3-1-2-4-16-5-9-18-10-6-16/h1-12H2,(H2,14,15). The maximum absolute atomic E-state index is 5.97. The first-order valence-electron chi connectivity index (χ1n) is 7.29. The highest BCUT2D eigenvalue weighted by Crippen LogP contribution is 2.01. The van der Waals surface area contributed by atoms with Crippen LogP contribution in [0.25, 0.3) is 0 Å². The molecule has 2 saturated heterocycles. The Balaban J connectivity index is 1.54. The number of ether oxygens (including phenoxy) is 2. The molecule has 2 aliphatic rings. The average molecular weight is 270 g/mol. The van der Waals surface area contributed by atoms with Gasteiger partial charge < -0.3 is 20.1 Å². The first kappa shape index (κ1) is 14.6. The number of hydrogen-bond acceptors (Lipinski definition) is 4. The molecule has 6 heteroatoms. The number of unbranched alkanes of at least 4 members (excludes halogenated alkanes) is 1. The Morgan fingerprint density at radius 1 is 0.947 bits per heavy atom. The molecular weight excluding hydrogens is 244 g/mol. The molecule has 2 heterocycles. The van der Waals surface area contributed by atoms with Crippen molar-refractivity contribution in [3.8, 4) is 0 Å². The second-order valence-corrected chi connectivity index (χ2v) is 5.00. The molecule has 0 atom stereocenters. The summed E-state index contributed by atoms with van der Waals surface area (Å²) in [5.41, 5.74) is 5.97. The third kappa shape index (κ3) is 5.34. The minimum atomic E-state index is 0.676. The Morgan fingerprint density at radius 3 is 2.26 bits per heavy atom. The molecule has 0 spiro atoms. The molecule has 2 N–H and O–H groups in total. The molecule has 0 bridgehead atoms. The van der Waals surface area contributed by atoms with Gasteiger partial charge in [0, 0.05) is 32.7 Å². The van der Waals surface area contributed by atoms with Crippen molar-refractivity contribution >= 4 is 5.96 Å². The Kier molecular flexibility index (Phi) is 6.39. The van der Waals surface area contributed by atoms with Gasteiger partial charge in [-0.3, -0.25) is 9.89 Å². The molecule has 2 rings (SSSR count). The predicted octanol–water partition coefficient (Wildman–Crippen LogP) is -0.254. The summed E-state index contributed by atoms with van der Waals surface area (Å²) in [6.45, 7) is 9.11. The van der Waals surface area contributed by atoms with Crippen LogP contribution in [0.2, 0.25) is 0 Å². The summed E-state index contributed by atoms with van der Waals surface area (Å²) in [4.78, 5) is 9.01. The van der Waals surface area contributed by atoms with E-state index in [1.165, 1.54) is 6.42 Å². The van der Waals surface area contributed by atoms with E-state index >= 15 is 0 Å². The molecule has 0 unspecified atom stereocenters. The Hall–Kier alpha value is -0.850. The fraction of sp³-hybridized carbons (Fsp3) is 0.923.